The number of hydrogen-bond acceptors (Lipinski definition) is 4. The van der Waals surface area contributed by atoms with E-state index in [0.717, 1.165) is 0 Å². The number of nitrogen functional groups attached to an aromatic ring is 1. The smallest absolute Gasteiger partial charge is 0.242 e. The molecule has 1 aromatic carbocycles. The third-order valence-electron chi connectivity index (χ3n) is 2.40. The number of H-pyrrole nitrogens is 1. The number of nitrogens with two attached hydrogens (primary N) is 1. The van der Waals surface area contributed by atoms with Crippen LogP contribution < -0.4 is 10.5 Å². The molecule has 0 fully saturated rings. The van der Waals surface area contributed by atoms with Crippen molar-refractivity contribution < 1.29 is 8.42 Å². The maximum absolute atomic E-state index is 12.1. The van der Waals surface area contributed by atoms with Crippen molar-refractivity contribution in [2.24, 2.45) is 0 Å². The van der Waals surface area contributed by atoms with E-state index in [1.807, 2.05) is 0 Å². The minimum atomic E-state index is -3.77. The van der Waals surface area contributed by atoms with Crippen molar-refractivity contribution in [1.29, 1.82) is 0 Å². The molecule has 0 radical (unpaired) electrons. The first-order valence-corrected chi connectivity index (χ1v) is 7.36. The fourth-order valence-electron chi connectivity index (χ4n) is 1.39. The first kappa shape index (κ1) is 14.1. The van der Waals surface area contributed by atoms with Crippen LogP contribution in [0.15, 0.2) is 29.4 Å². The number of aromatic amines is 1. The number of sulfonamides is 1. The molecule has 19 heavy (non-hydrogen) atoms. The van der Waals surface area contributed by atoms with Crippen molar-refractivity contribution in [2.45, 2.75) is 11.4 Å². The molecule has 102 valence electrons. The monoisotopic (exact) mass is 320 g/mol. The van der Waals surface area contributed by atoms with Gasteiger partial charge in [0.2, 0.25) is 10.0 Å². The summed E-state index contributed by atoms with van der Waals surface area (Å²) < 4.78 is 26.6. The lowest BCUT2D eigenvalue weighted by atomic mass is 10.3. The zero-order chi connectivity index (χ0) is 14.0. The Labute approximate surface area is 120 Å². The van der Waals surface area contributed by atoms with Crippen LogP contribution in [-0.2, 0) is 16.6 Å². The average Bonchev–Trinajstić information content (AvgIpc) is 2.86. The van der Waals surface area contributed by atoms with Crippen molar-refractivity contribution in [3.8, 4) is 0 Å². The summed E-state index contributed by atoms with van der Waals surface area (Å²) in [5.74, 6) is 0. The van der Waals surface area contributed by atoms with E-state index in [4.69, 9.17) is 28.9 Å². The second-order valence-electron chi connectivity index (χ2n) is 3.70. The molecule has 2 aromatic rings. The van der Waals surface area contributed by atoms with Crippen LogP contribution in [0.5, 0.6) is 0 Å². The molecule has 9 heteroatoms. The van der Waals surface area contributed by atoms with E-state index < -0.39 is 10.0 Å². The predicted molar refractivity (Wildman–Crippen MR) is 73.5 cm³/mol. The Morgan fingerprint density at radius 3 is 2.74 bits per heavy atom. The molecule has 0 bridgehead atoms. The van der Waals surface area contributed by atoms with Crippen LogP contribution in [0.2, 0.25) is 10.0 Å². The molecule has 0 unspecified atom stereocenters. The Bertz CT molecular complexity index is 686. The summed E-state index contributed by atoms with van der Waals surface area (Å²) in [4.78, 5) is -0.112. The first-order valence-electron chi connectivity index (χ1n) is 5.12. The highest BCUT2D eigenvalue weighted by molar-refractivity contribution is 7.89. The summed E-state index contributed by atoms with van der Waals surface area (Å²) in [6, 6.07) is 2.69. The van der Waals surface area contributed by atoms with Gasteiger partial charge in [0.15, 0.2) is 0 Å². The van der Waals surface area contributed by atoms with Gasteiger partial charge >= 0.3 is 0 Å². The van der Waals surface area contributed by atoms with Gasteiger partial charge in [0, 0.05) is 18.3 Å². The largest absolute Gasteiger partial charge is 0.396 e. The van der Waals surface area contributed by atoms with Crippen molar-refractivity contribution in [3.63, 3.8) is 0 Å². The Hall–Kier alpha value is -1.28. The van der Waals surface area contributed by atoms with Crippen LogP contribution in [0.4, 0.5) is 5.69 Å². The van der Waals surface area contributed by atoms with Crippen LogP contribution in [-0.4, -0.2) is 18.6 Å². The van der Waals surface area contributed by atoms with E-state index in [-0.39, 0.29) is 27.2 Å². The van der Waals surface area contributed by atoms with E-state index in [0.29, 0.717) is 5.56 Å². The Morgan fingerprint density at radius 2 is 2.11 bits per heavy atom. The molecule has 1 heterocycles. The highest BCUT2D eigenvalue weighted by atomic mass is 35.5. The molecule has 0 spiro atoms. The van der Waals surface area contributed by atoms with E-state index in [9.17, 15) is 8.42 Å². The number of nitrogens with zero attached hydrogens (tertiary/aromatic N) is 1. The number of rotatable bonds is 4. The number of nitrogens with one attached hydrogen (secondary N) is 2. The minimum Gasteiger partial charge on any atom is -0.396 e. The molecule has 6 nitrogen and oxygen atoms in total. The maximum Gasteiger partial charge on any atom is 0.242 e. The Morgan fingerprint density at radius 1 is 1.37 bits per heavy atom. The normalized spacial score (nSPS) is 11.7. The minimum absolute atomic E-state index is 0.0366. The number of hydrogen-bond donors (Lipinski definition) is 3. The van der Waals surface area contributed by atoms with Crippen molar-refractivity contribution >= 4 is 38.9 Å². The number of aromatic nitrogens is 2. The fraction of sp³-hybridized carbons (Fsp3) is 0.100. The van der Waals surface area contributed by atoms with E-state index in [1.54, 1.807) is 6.20 Å². The van der Waals surface area contributed by atoms with Crippen LogP contribution in [0.1, 0.15) is 5.56 Å². The molecular formula is C10H10Cl2N4O2S. The lowest BCUT2D eigenvalue weighted by molar-refractivity contribution is 0.581. The van der Waals surface area contributed by atoms with Crippen molar-refractivity contribution in [1.82, 2.24) is 14.9 Å². The molecule has 0 saturated heterocycles. The van der Waals surface area contributed by atoms with Gasteiger partial charge in [-0.1, -0.05) is 23.2 Å². The van der Waals surface area contributed by atoms with Gasteiger partial charge in [0.1, 0.15) is 4.90 Å². The second kappa shape index (κ2) is 5.38. The molecule has 0 saturated carbocycles. The van der Waals surface area contributed by atoms with Gasteiger partial charge in [-0.3, -0.25) is 5.10 Å². The van der Waals surface area contributed by atoms with E-state index in [1.165, 1.54) is 18.3 Å². The van der Waals surface area contributed by atoms with Crippen molar-refractivity contribution in [2.75, 3.05) is 5.73 Å². The number of anilines is 1. The van der Waals surface area contributed by atoms with Crippen molar-refractivity contribution in [3.05, 3.63) is 40.1 Å². The summed E-state index contributed by atoms with van der Waals surface area (Å²) in [6.45, 7) is 0.0949. The van der Waals surface area contributed by atoms with E-state index >= 15 is 0 Å². The standard InChI is InChI=1S/C10H10Cl2N4O2S/c11-7-1-2-8(9(12)10(7)13)19(17,18)16-5-6-3-14-15-4-6/h1-4,16H,5,13H2,(H,14,15). The van der Waals surface area contributed by atoms with Gasteiger partial charge in [0.05, 0.1) is 21.9 Å². The third kappa shape index (κ3) is 3.01. The topological polar surface area (TPSA) is 101 Å². The Kier molecular flexibility index (Phi) is 4.00. The van der Waals surface area contributed by atoms with Gasteiger partial charge in [-0.15, -0.1) is 0 Å². The predicted octanol–water partition coefficient (Wildman–Crippen LogP) is 1.78. The molecular weight excluding hydrogens is 311 g/mol. The van der Waals surface area contributed by atoms with Gasteiger partial charge in [0.25, 0.3) is 0 Å². The first-order chi connectivity index (χ1) is 8.92. The van der Waals surface area contributed by atoms with Gasteiger partial charge < -0.3 is 5.73 Å². The maximum atomic E-state index is 12.1. The zero-order valence-corrected chi connectivity index (χ0v) is 11.9. The highest BCUT2D eigenvalue weighted by Crippen LogP contribution is 2.32. The fourth-order valence-corrected chi connectivity index (χ4v) is 3.17. The molecule has 0 amide bonds. The molecule has 4 N–H and O–H groups in total. The summed E-state index contributed by atoms with van der Waals surface area (Å²) in [6.07, 6.45) is 3.10. The molecule has 0 atom stereocenters. The molecule has 0 aliphatic rings. The third-order valence-corrected chi connectivity index (χ3v) is 4.69. The summed E-state index contributed by atoms with van der Waals surface area (Å²) in [5.41, 5.74) is 6.33. The molecule has 0 aliphatic heterocycles. The second-order valence-corrected chi connectivity index (χ2v) is 6.22. The van der Waals surface area contributed by atoms with Crippen LogP contribution in [0.25, 0.3) is 0 Å². The zero-order valence-electron chi connectivity index (χ0n) is 9.52. The average molecular weight is 321 g/mol. The Balaban J connectivity index is 2.27. The summed E-state index contributed by atoms with van der Waals surface area (Å²) >= 11 is 11.7. The molecule has 0 aliphatic carbocycles. The van der Waals surface area contributed by atoms with Crippen LogP contribution in [0.3, 0.4) is 0 Å². The van der Waals surface area contributed by atoms with Crippen LogP contribution in [0, 0.1) is 0 Å². The highest BCUT2D eigenvalue weighted by Gasteiger charge is 2.20. The number of halogens is 2. The SMILES string of the molecule is Nc1c(Cl)ccc(S(=O)(=O)NCc2cn[nH]c2)c1Cl. The molecule has 1 aromatic heterocycles. The van der Waals surface area contributed by atoms with Gasteiger partial charge in [-0.05, 0) is 12.1 Å². The van der Waals surface area contributed by atoms with E-state index in [2.05, 4.69) is 14.9 Å². The lowest BCUT2D eigenvalue weighted by Gasteiger charge is -2.10. The van der Waals surface area contributed by atoms with Gasteiger partial charge in [-0.25, -0.2) is 13.1 Å². The summed E-state index contributed by atoms with van der Waals surface area (Å²) in [7, 11) is -3.77. The van der Waals surface area contributed by atoms with Crippen LogP contribution >= 0.6 is 23.2 Å². The van der Waals surface area contributed by atoms with Gasteiger partial charge in [-0.2, -0.15) is 5.10 Å². The molecule has 2 rings (SSSR count). The summed E-state index contributed by atoms with van der Waals surface area (Å²) in [5, 5.41) is 6.42. The number of benzene rings is 1. The lowest BCUT2D eigenvalue weighted by Crippen LogP contribution is -2.23. The quantitative estimate of drug-likeness (QED) is 0.747.